The Morgan fingerprint density at radius 3 is 1.74 bits per heavy atom. The van der Waals surface area contributed by atoms with Crippen molar-refractivity contribution in [1.82, 2.24) is 0 Å². The molecule has 0 aliphatic carbocycles. The fourth-order valence-corrected chi connectivity index (χ4v) is 2.24. The molecule has 0 fully saturated rings. The van der Waals surface area contributed by atoms with Gasteiger partial charge in [-0.2, -0.15) is 0 Å². The molecule has 0 aliphatic rings. The maximum atomic E-state index is 12.0. The summed E-state index contributed by atoms with van der Waals surface area (Å²) in [5, 5.41) is 0. The van der Waals surface area contributed by atoms with E-state index in [0.29, 0.717) is 11.3 Å². The quantitative estimate of drug-likeness (QED) is 0.523. The minimum atomic E-state index is -0.359. The molecule has 0 amide bonds. The molecular formula is C20H16O3. The molecule has 0 atom stereocenters. The lowest BCUT2D eigenvalue weighted by molar-refractivity contribution is 0.0735. The summed E-state index contributed by atoms with van der Waals surface area (Å²) in [5.74, 6) is 0.987. The molecule has 23 heavy (non-hydrogen) atoms. The molecule has 0 radical (unpaired) electrons. The molecule has 0 heterocycles. The first-order chi connectivity index (χ1) is 11.3. The van der Waals surface area contributed by atoms with Crippen molar-refractivity contribution >= 4 is 5.97 Å². The third kappa shape index (κ3) is 3.58. The lowest BCUT2D eigenvalue weighted by atomic mass is 10.1. The molecule has 0 aliphatic heterocycles. The second kappa shape index (κ2) is 6.79. The Hall–Kier alpha value is -3.07. The number of methoxy groups -OCH3 is 1. The highest BCUT2D eigenvalue weighted by molar-refractivity contribution is 5.91. The van der Waals surface area contributed by atoms with Crippen LogP contribution in [-0.2, 0) is 0 Å². The van der Waals surface area contributed by atoms with Gasteiger partial charge >= 0.3 is 5.97 Å². The Labute approximate surface area is 135 Å². The fourth-order valence-electron chi connectivity index (χ4n) is 2.24. The van der Waals surface area contributed by atoms with E-state index in [4.69, 9.17) is 9.47 Å². The standard InChI is InChI=1S/C20H16O3/c1-22-18-11-7-15(8-12-18)16-9-13-19(14-10-16)23-20(21)17-5-3-2-4-6-17/h2-14H,1H3. The number of carbonyl (C=O) groups excluding carboxylic acids is 1. The second-order valence-corrected chi connectivity index (χ2v) is 5.01. The zero-order chi connectivity index (χ0) is 16.1. The molecule has 0 N–H and O–H groups in total. The van der Waals surface area contributed by atoms with Crippen LogP contribution in [0.4, 0.5) is 0 Å². The fraction of sp³-hybridized carbons (Fsp3) is 0.0500. The summed E-state index contributed by atoms with van der Waals surface area (Å²) in [6.45, 7) is 0. The molecule has 3 aromatic carbocycles. The van der Waals surface area contributed by atoms with Crippen molar-refractivity contribution < 1.29 is 14.3 Å². The molecule has 0 bridgehead atoms. The number of ether oxygens (including phenoxy) is 2. The molecule has 3 nitrogen and oxygen atoms in total. The predicted octanol–water partition coefficient (Wildman–Crippen LogP) is 4.58. The normalized spacial score (nSPS) is 10.1. The highest BCUT2D eigenvalue weighted by Gasteiger charge is 2.07. The van der Waals surface area contributed by atoms with Gasteiger partial charge < -0.3 is 9.47 Å². The molecule has 0 spiro atoms. The largest absolute Gasteiger partial charge is 0.497 e. The Morgan fingerprint density at radius 1 is 0.696 bits per heavy atom. The van der Waals surface area contributed by atoms with Crippen LogP contribution in [0.25, 0.3) is 11.1 Å². The summed E-state index contributed by atoms with van der Waals surface area (Å²) in [4.78, 5) is 12.0. The highest BCUT2D eigenvalue weighted by Crippen LogP contribution is 2.24. The van der Waals surface area contributed by atoms with Gasteiger partial charge in [0, 0.05) is 0 Å². The van der Waals surface area contributed by atoms with E-state index in [1.807, 2.05) is 54.6 Å². The van der Waals surface area contributed by atoms with Crippen LogP contribution >= 0.6 is 0 Å². The lowest BCUT2D eigenvalue weighted by Gasteiger charge is -2.07. The Kier molecular flexibility index (Phi) is 4.39. The topological polar surface area (TPSA) is 35.5 Å². The third-order valence-corrected chi connectivity index (χ3v) is 3.50. The first-order valence-corrected chi connectivity index (χ1v) is 7.28. The Balaban J connectivity index is 1.73. The summed E-state index contributed by atoms with van der Waals surface area (Å²) in [6.07, 6.45) is 0. The number of carbonyl (C=O) groups is 1. The van der Waals surface area contributed by atoms with Gasteiger partial charge in [-0.1, -0.05) is 42.5 Å². The van der Waals surface area contributed by atoms with Crippen molar-refractivity contribution in [2.75, 3.05) is 7.11 Å². The van der Waals surface area contributed by atoms with Crippen LogP contribution < -0.4 is 9.47 Å². The predicted molar refractivity (Wildman–Crippen MR) is 89.8 cm³/mol. The van der Waals surface area contributed by atoms with E-state index in [2.05, 4.69) is 0 Å². The van der Waals surface area contributed by atoms with Gasteiger partial charge in [0.25, 0.3) is 0 Å². The van der Waals surface area contributed by atoms with E-state index >= 15 is 0 Å². The summed E-state index contributed by atoms with van der Waals surface area (Å²) in [5.41, 5.74) is 2.66. The minimum Gasteiger partial charge on any atom is -0.497 e. The summed E-state index contributed by atoms with van der Waals surface area (Å²) < 4.78 is 10.5. The van der Waals surface area contributed by atoms with Crippen molar-refractivity contribution in [3.8, 4) is 22.6 Å². The number of hydrogen-bond donors (Lipinski definition) is 0. The van der Waals surface area contributed by atoms with Gasteiger partial charge in [0.05, 0.1) is 12.7 Å². The van der Waals surface area contributed by atoms with Crippen LogP contribution in [0, 0.1) is 0 Å². The van der Waals surface area contributed by atoms with Crippen LogP contribution in [-0.4, -0.2) is 13.1 Å². The Morgan fingerprint density at radius 2 is 1.22 bits per heavy atom. The first kappa shape index (κ1) is 14.9. The van der Waals surface area contributed by atoms with Gasteiger partial charge in [-0.3, -0.25) is 0 Å². The average molecular weight is 304 g/mol. The molecule has 114 valence electrons. The van der Waals surface area contributed by atoms with Gasteiger partial charge in [0.2, 0.25) is 0 Å². The molecule has 3 rings (SSSR count). The third-order valence-electron chi connectivity index (χ3n) is 3.50. The molecular weight excluding hydrogens is 288 g/mol. The van der Waals surface area contributed by atoms with Gasteiger partial charge in [-0.05, 0) is 47.5 Å². The van der Waals surface area contributed by atoms with E-state index in [1.54, 1.807) is 31.4 Å². The van der Waals surface area contributed by atoms with E-state index in [0.717, 1.165) is 16.9 Å². The molecule has 3 aromatic rings. The van der Waals surface area contributed by atoms with Crippen LogP contribution in [0.5, 0.6) is 11.5 Å². The number of rotatable bonds is 4. The zero-order valence-electron chi connectivity index (χ0n) is 12.7. The van der Waals surface area contributed by atoms with Gasteiger partial charge in [0.15, 0.2) is 0 Å². The van der Waals surface area contributed by atoms with E-state index in [9.17, 15) is 4.79 Å². The second-order valence-electron chi connectivity index (χ2n) is 5.01. The van der Waals surface area contributed by atoms with Crippen molar-refractivity contribution in [1.29, 1.82) is 0 Å². The number of hydrogen-bond acceptors (Lipinski definition) is 3. The minimum absolute atomic E-state index is 0.359. The van der Waals surface area contributed by atoms with Crippen molar-refractivity contribution in [2.45, 2.75) is 0 Å². The van der Waals surface area contributed by atoms with Gasteiger partial charge in [-0.15, -0.1) is 0 Å². The number of benzene rings is 3. The maximum absolute atomic E-state index is 12.0. The first-order valence-electron chi connectivity index (χ1n) is 7.28. The molecule has 3 heteroatoms. The van der Waals surface area contributed by atoms with Crippen molar-refractivity contribution in [2.24, 2.45) is 0 Å². The van der Waals surface area contributed by atoms with Gasteiger partial charge in [-0.25, -0.2) is 4.79 Å². The van der Waals surface area contributed by atoms with Crippen LogP contribution in [0.15, 0.2) is 78.9 Å². The SMILES string of the molecule is COc1ccc(-c2ccc(OC(=O)c3ccccc3)cc2)cc1. The van der Waals surface area contributed by atoms with E-state index in [-0.39, 0.29) is 5.97 Å². The monoisotopic (exact) mass is 304 g/mol. The highest BCUT2D eigenvalue weighted by atomic mass is 16.5. The molecule has 0 aromatic heterocycles. The molecule has 0 saturated carbocycles. The number of esters is 1. The summed E-state index contributed by atoms with van der Waals surface area (Å²) in [7, 11) is 1.64. The van der Waals surface area contributed by atoms with Crippen molar-refractivity contribution in [3.05, 3.63) is 84.4 Å². The smallest absolute Gasteiger partial charge is 0.343 e. The van der Waals surface area contributed by atoms with E-state index in [1.165, 1.54) is 0 Å². The van der Waals surface area contributed by atoms with Crippen molar-refractivity contribution in [3.63, 3.8) is 0 Å². The lowest BCUT2D eigenvalue weighted by Crippen LogP contribution is -2.07. The van der Waals surface area contributed by atoms with Crippen LogP contribution in [0.1, 0.15) is 10.4 Å². The average Bonchev–Trinajstić information content (AvgIpc) is 2.63. The maximum Gasteiger partial charge on any atom is 0.343 e. The summed E-state index contributed by atoms with van der Waals surface area (Å²) >= 11 is 0. The zero-order valence-corrected chi connectivity index (χ0v) is 12.7. The van der Waals surface area contributed by atoms with Crippen LogP contribution in [0.2, 0.25) is 0 Å². The summed E-state index contributed by atoms with van der Waals surface area (Å²) in [6, 6.07) is 24.2. The molecule has 0 saturated heterocycles. The molecule has 0 unspecified atom stereocenters. The van der Waals surface area contributed by atoms with Gasteiger partial charge in [0.1, 0.15) is 11.5 Å². The Bertz CT molecular complexity index is 775. The van der Waals surface area contributed by atoms with Crippen LogP contribution in [0.3, 0.4) is 0 Å². The van der Waals surface area contributed by atoms with E-state index < -0.39 is 0 Å².